The van der Waals surface area contributed by atoms with Gasteiger partial charge >= 0.3 is 12.1 Å². The van der Waals surface area contributed by atoms with Crippen LogP contribution in [0.5, 0.6) is 0 Å². The van der Waals surface area contributed by atoms with Crippen LogP contribution in [0, 0.1) is 23.7 Å². The molecule has 1 heterocycles. The van der Waals surface area contributed by atoms with Crippen LogP contribution < -0.4 is 5.43 Å². The van der Waals surface area contributed by atoms with Crippen LogP contribution in [0.15, 0.2) is 12.2 Å². The minimum atomic E-state index is -0.987. The summed E-state index contributed by atoms with van der Waals surface area (Å²) >= 11 is 0. The van der Waals surface area contributed by atoms with Gasteiger partial charge in [0, 0.05) is 12.5 Å². The van der Waals surface area contributed by atoms with E-state index in [-0.39, 0.29) is 24.3 Å². The van der Waals surface area contributed by atoms with Crippen LogP contribution in [-0.4, -0.2) is 40.2 Å². The summed E-state index contributed by atoms with van der Waals surface area (Å²) in [5, 5.41) is 10.5. The maximum absolute atomic E-state index is 12.5. The lowest BCUT2D eigenvalue weighted by Gasteiger charge is -2.29. The fourth-order valence-corrected chi connectivity index (χ4v) is 3.03. The van der Waals surface area contributed by atoms with Gasteiger partial charge in [-0.1, -0.05) is 19.1 Å². The zero-order valence-electron chi connectivity index (χ0n) is 13.2. The van der Waals surface area contributed by atoms with Crippen molar-refractivity contribution >= 4 is 18.0 Å². The number of carbonyl (C=O) groups is 3. The molecule has 0 unspecified atom stereocenters. The highest BCUT2D eigenvalue weighted by molar-refractivity contribution is 5.89. The molecular weight excluding hydrogens is 288 g/mol. The number of carboxylic acids is 1. The molecule has 7 heteroatoms. The number of aliphatic carboxylic acids is 1. The Hall–Kier alpha value is -2.05. The molecule has 1 aliphatic heterocycles. The van der Waals surface area contributed by atoms with Crippen molar-refractivity contribution in [1.29, 1.82) is 0 Å². The number of allylic oxidation sites excluding steroid dienone is 1. The molecule has 1 aliphatic carbocycles. The lowest BCUT2D eigenvalue weighted by atomic mass is 9.72. The standard InChI is InChI=1S/C15H22N2O5/c1-8-5-6-9-7-17(16-14(21)22-15(2,3)4)12(18)11(9)10(8)13(19)20/h5-6,8-11H,7H2,1-4H3,(H,16,21)(H,19,20)/t8-,9-,10+,11-/m0/s1. The maximum atomic E-state index is 12.5. The molecule has 2 amide bonds. The van der Waals surface area contributed by atoms with E-state index in [1.165, 1.54) is 5.01 Å². The molecule has 0 aromatic carbocycles. The normalized spacial score (nSPS) is 30.9. The Kier molecular flexibility index (Phi) is 4.17. The van der Waals surface area contributed by atoms with Crippen molar-refractivity contribution in [2.45, 2.75) is 33.3 Å². The van der Waals surface area contributed by atoms with E-state index in [0.29, 0.717) is 0 Å². The number of carbonyl (C=O) groups excluding carboxylic acids is 2. The largest absolute Gasteiger partial charge is 0.481 e. The van der Waals surface area contributed by atoms with Gasteiger partial charge in [-0.15, -0.1) is 0 Å². The lowest BCUT2D eigenvalue weighted by Crippen LogP contribution is -2.47. The first kappa shape index (κ1) is 16.3. The molecule has 1 fully saturated rings. The van der Waals surface area contributed by atoms with Gasteiger partial charge in [0.05, 0.1) is 11.8 Å². The topological polar surface area (TPSA) is 95.9 Å². The lowest BCUT2D eigenvalue weighted by molar-refractivity contribution is -0.150. The number of hydrazine groups is 1. The zero-order chi connectivity index (χ0) is 16.7. The molecule has 2 rings (SSSR count). The van der Waals surface area contributed by atoms with E-state index in [1.54, 1.807) is 27.7 Å². The van der Waals surface area contributed by atoms with Crippen molar-refractivity contribution < 1.29 is 24.2 Å². The number of hydrogen-bond acceptors (Lipinski definition) is 4. The third-order valence-electron chi connectivity index (χ3n) is 3.93. The minimum absolute atomic E-state index is 0.209. The van der Waals surface area contributed by atoms with Crippen molar-refractivity contribution in [2.75, 3.05) is 6.54 Å². The average Bonchev–Trinajstić information content (AvgIpc) is 2.64. The highest BCUT2D eigenvalue weighted by Crippen LogP contribution is 2.39. The van der Waals surface area contributed by atoms with Gasteiger partial charge in [0.15, 0.2) is 0 Å². The quantitative estimate of drug-likeness (QED) is 0.752. The van der Waals surface area contributed by atoms with Crippen LogP contribution in [0.4, 0.5) is 4.79 Å². The molecule has 0 aromatic heterocycles. The van der Waals surface area contributed by atoms with Crippen LogP contribution in [0.1, 0.15) is 27.7 Å². The third-order valence-corrected chi connectivity index (χ3v) is 3.93. The predicted octanol–water partition coefficient (Wildman–Crippen LogP) is 1.41. The summed E-state index contributed by atoms with van der Waals surface area (Å²) in [4.78, 5) is 35.7. The van der Waals surface area contributed by atoms with Gasteiger partial charge < -0.3 is 9.84 Å². The number of fused-ring (bicyclic) bond motifs is 1. The van der Waals surface area contributed by atoms with Crippen molar-refractivity contribution in [1.82, 2.24) is 10.4 Å². The number of nitrogens with one attached hydrogen (secondary N) is 1. The molecule has 22 heavy (non-hydrogen) atoms. The highest BCUT2D eigenvalue weighted by Gasteiger charge is 2.50. The monoisotopic (exact) mass is 310 g/mol. The molecule has 0 radical (unpaired) electrons. The van der Waals surface area contributed by atoms with Crippen LogP contribution >= 0.6 is 0 Å². The van der Waals surface area contributed by atoms with Gasteiger partial charge in [-0.05, 0) is 26.7 Å². The van der Waals surface area contributed by atoms with E-state index in [0.717, 1.165) is 0 Å². The Labute approximate surface area is 129 Å². The smallest absolute Gasteiger partial charge is 0.426 e. The Morgan fingerprint density at radius 2 is 2.00 bits per heavy atom. The summed E-state index contributed by atoms with van der Waals surface area (Å²) in [6.07, 6.45) is 2.97. The first-order valence-corrected chi connectivity index (χ1v) is 7.32. The van der Waals surface area contributed by atoms with Gasteiger partial charge in [-0.2, -0.15) is 0 Å². The Morgan fingerprint density at radius 3 is 2.55 bits per heavy atom. The van der Waals surface area contributed by atoms with Gasteiger partial charge in [-0.3, -0.25) is 14.6 Å². The van der Waals surface area contributed by atoms with E-state index in [4.69, 9.17) is 4.74 Å². The first-order valence-electron chi connectivity index (χ1n) is 7.32. The first-order chi connectivity index (χ1) is 10.1. The molecule has 1 saturated heterocycles. The summed E-state index contributed by atoms with van der Waals surface area (Å²) in [6, 6.07) is 0. The second-order valence-electron chi connectivity index (χ2n) is 6.86. The summed E-state index contributed by atoms with van der Waals surface area (Å²) in [6.45, 7) is 7.22. The Bertz CT molecular complexity index is 523. The average molecular weight is 310 g/mol. The molecule has 122 valence electrons. The summed E-state index contributed by atoms with van der Waals surface area (Å²) < 4.78 is 5.12. The minimum Gasteiger partial charge on any atom is -0.481 e. The molecule has 0 bridgehead atoms. The van der Waals surface area contributed by atoms with E-state index in [1.807, 2.05) is 12.2 Å². The van der Waals surface area contributed by atoms with Crippen molar-refractivity contribution in [3.63, 3.8) is 0 Å². The summed E-state index contributed by atoms with van der Waals surface area (Å²) in [7, 11) is 0. The molecule has 2 aliphatic rings. The molecule has 2 N–H and O–H groups in total. The third kappa shape index (κ3) is 3.23. The molecule has 0 spiro atoms. The van der Waals surface area contributed by atoms with Crippen LogP contribution in [-0.2, 0) is 14.3 Å². The van der Waals surface area contributed by atoms with E-state index in [9.17, 15) is 19.5 Å². The van der Waals surface area contributed by atoms with Gasteiger partial charge in [0.2, 0.25) is 5.91 Å². The molecule has 7 nitrogen and oxygen atoms in total. The summed E-state index contributed by atoms with van der Waals surface area (Å²) in [5.41, 5.74) is 1.74. The second kappa shape index (κ2) is 5.62. The Morgan fingerprint density at radius 1 is 1.36 bits per heavy atom. The van der Waals surface area contributed by atoms with Crippen molar-refractivity contribution in [3.05, 3.63) is 12.2 Å². The van der Waals surface area contributed by atoms with Crippen LogP contribution in [0.25, 0.3) is 0 Å². The number of rotatable bonds is 2. The van der Waals surface area contributed by atoms with E-state index in [2.05, 4.69) is 5.43 Å². The van der Waals surface area contributed by atoms with Gasteiger partial charge in [0.1, 0.15) is 5.60 Å². The molecule has 0 aromatic rings. The zero-order valence-corrected chi connectivity index (χ0v) is 13.2. The molecule has 0 saturated carbocycles. The van der Waals surface area contributed by atoms with Crippen LogP contribution in [0.3, 0.4) is 0 Å². The number of hydrogen-bond donors (Lipinski definition) is 2. The van der Waals surface area contributed by atoms with E-state index < -0.39 is 29.5 Å². The maximum Gasteiger partial charge on any atom is 0.426 e. The van der Waals surface area contributed by atoms with Crippen molar-refractivity contribution in [3.8, 4) is 0 Å². The summed E-state index contributed by atoms with van der Waals surface area (Å²) in [5.74, 6) is -3.21. The second-order valence-corrected chi connectivity index (χ2v) is 6.86. The highest BCUT2D eigenvalue weighted by atomic mass is 16.6. The predicted molar refractivity (Wildman–Crippen MR) is 77.5 cm³/mol. The van der Waals surface area contributed by atoms with Gasteiger partial charge in [0.25, 0.3) is 0 Å². The number of carboxylic acid groups (broad SMARTS) is 1. The fraction of sp³-hybridized carbons (Fsp3) is 0.667. The number of nitrogens with zero attached hydrogens (tertiary/aromatic N) is 1. The van der Waals surface area contributed by atoms with Gasteiger partial charge in [-0.25, -0.2) is 10.2 Å². The van der Waals surface area contributed by atoms with Crippen molar-refractivity contribution in [2.24, 2.45) is 23.7 Å². The number of amides is 2. The molecule has 4 atom stereocenters. The SMILES string of the molecule is C[C@H]1C=C[C@H]2CN(NC(=O)OC(C)(C)C)C(=O)[C@@H]2[C@@H]1C(=O)O. The Balaban J connectivity index is 2.10. The van der Waals surface area contributed by atoms with E-state index >= 15 is 0 Å². The number of ether oxygens (including phenoxy) is 1. The molecular formula is C15H22N2O5. The van der Waals surface area contributed by atoms with Crippen LogP contribution in [0.2, 0.25) is 0 Å². The fourth-order valence-electron chi connectivity index (χ4n) is 3.03.